The minimum absolute atomic E-state index is 1.01. The molecule has 3 rings (SSSR count). The fourth-order valence-electron chi connectivity index (χ4n) is 1.84. The number of H-pyrrole nitrogens is 1. The van der Waals surface area contributed by atoms with E-state index in [2.05, 4.69) is 47.2 Å². The maximum Gasteiger partial charge on any atom is 0.0885 e. The molecule has 0 amide bonds. The number of pyridine rings is 1. The third-order valence-corrected chi connectivity index (χ3v) is 2.75. The maximum atomic E-state index is 4.31. The second-order valence-corrected chi connectivity index (χ2v) is 3.99. The molecule has 0 radical (unpaired) electrons. The Morgan fingerprint density at radius 1 is 1.06 bits per heavy atom. The fourth-order valence-corrected chi connectivity index (χ4v) is 1.84. The number of aromatic nitrogens is 2. The summed E-state index contributed by atoms with van der Waals surface area (Å²) in [4.78, 5) is 7.68. The van der Waals surface area contributed by atoms with Crippen LogP contribution < -0.4 is 0 Å². The third kappa shape index (κ3) is 1.48. The van der Waals surface area contributed by atoms with Gasteiger partial charge in [-0.05, 0) is 30.7 Å². The van der Waals surface area contributed by atoms with E-state index in [-0.39, 0.29) is 0 Å². The number of hydrogen-bond acceptors (Lipinski definition) is 1. The molecule has 0 unspecified atom stereocenters. The highest BCUT2D eigenvalue weighted by molar-refractivity contribution is 5.82. The standard InChI is InChI=1S/C14H12N2/c1-10-4-6-11(7-5-10)13-9-14-12(16-13)3-2-8-15-14/h2-9,16H,1H3. The van der Waals surface area contributed by atoms with Crippen molar-refractivity contribution in [2.24, 2.45) is 0 Å². The Labute approximate surface area is 94.0 Å². The SMILES string of the molecule is Cc1ccc(-c2cc3ncccc3[nH]2)cc1. The lowest BCUT2D eigenvalue weighted by atomic mass is 10.1. The Bertz CT molecular complexity index is 588. The first-order valence-corrected chi connectivity index (χ1v) is 5.34. The molecule has 0 fully saturated rings. The molecule has 0 aliphatic heterocycles. The van der Waals surface area contributed by atoms with E-state index in [9.17, 15) is 0 Å². The predicted octanol–water partition coefficient (Wildman–Crippen LogP) is 3.54. The van der Waals surface area contributed by atoms with E-state index in [0.717, 1.165) is 16.7 Å². The number of nitrogens with one attached hydrogen (secondary N) is 1. The van der Waals surface area contributed by atoms with Crippen molar-refractivity contribution in [2.45, 2.75) is 6.92 Å². The largest absolute Gasteiger partial charge is 0.353 e. The van der Waals surface area contributed by atoms with Gasteiger partial charge >= 0.3 is 0 Å². The van der Waals surface area contributed by atoms with Crippen LogP contribution in [0.5, 0.6) is 0 Å². The molecular formula is C14H12N2. The first-order valence-electron chi connectivity index (χ1n) is 5.34. The Morgan fingerprint density at radius 3 is 2.62 bits per heavy atom. The van der Waals surface area contributed by atoms with Crippen molar-refractivity contribution >= 4 is 11.0 Å². The maximum absolute atomic E-state index is 4.31. The summed E-state index contributed by atoms with van der Waals surface area (Å²) < 4.78 is 0. The monoisotopic (exact) mass is 208 g/mol. The molecule has 0 spiro atoms. The number of aryl methyl sites for hydroxylation is 1. The Hall–Kier alpha value is -2.09. The van der Waals surface area contributed by atoms with Gasteiger partial charge in [0, 0.05) is 11.9 Å². The molecule has 0 aliphatic carbocycles. The van der Waals surface area contributed by atoms with Crippen LogP contribution in [-0.2, 0) is 0 Å². The normalized spacial score (nSPS) is 10.8. The first kappa shape index (κ1) is 9.16. The molecule has 0 aliphatic rings. The summed E-state index contributed by atoms with van der Waals surface area (Å²) in [5, 5.41) is 0. The van der Waals surface area contributed by atoms with Crippen LogP contribution in [0, 0.1) is 6.92 Å². The minimum Gasteiger partial charge on any atom is -0.353 e. The lowest BCUT2D eigenvalue weighted by Gasteiger charge is -1.97. The fraction of sp³-hybridized carbons (Fsp3) is 0.0714. The molecule has 2 nitrogen and oxygen atoms in total. The number of fused-ring (bicyclic) bond motifs is 1. The van der Waals surface area contributed by atoms with E-state index >= 15 is 0 Å². The van der Waals surface area contributed by atoms with Crippen LogP contribution in [0.15, 0.2) is 48.7 Å². The van der Waals surface area contributed by atoms with Gasteiger partial charge in [-0.1, -0.05) is 29.8 Å². The molecule has 78 valence electrons. The lowest BCUT2D eigenvalue weighted by Crippen LogP contribution is -1.77. The van der Waals surface area contributed by atoms with Gasteiger partial charge in [-0.2, -0.15) is 0 Å². The minimum atomic E-state index is 1.01. The molecule has 2 heterocycles. The van der Waals surface area contributed by atoms with Gasteiger partial charge in [0.2, 0.25) is 0 Å². The van der Waals surface area contributed by atoms with Gasteiger partial charge in [0.1, 0.15) is 0 Å². The van der Waals surface area contributed by atoms with Crippen LogP contribution >= 0.6 is 0 Å². The molecule has 2 aromatic heterocycles. The quantitative estimate of drug-likeness (QED) is 0.651. The van der Waals surface area contributed by atoms with E-state index in [1.54, 1.807) is 0 Å². The van der Waals surface area contributed by atoms with Gasteiger partial charge in [-0.25, -0.2) is 0 Å². The van der Waals surface area contributed by atoms with Gasteiger partial charge in [0.25, 0.3) is 0 Å². The number of nitrogens with zero attached hydrogens (tertiary/aromatic N) is 1. The second-order valence-electron chi connectivity index (χ2n) is 3.99. The van der Waals surface area contributed by atoms with E-state index in [4.69, 9.17) is 0 Å². The lowest BCUT2D eigenvalue weighted by molar-refractivity contribution is 1.40. The molecule has 0 saturated carbocycles. The van der Waals surface area contributed by atoms with Crippen molar-refractivity contribution in [3.05, 3.63) is 54.2 Å². The summed E-state index contributed by atoms with van der Waals surface area (Å²) in [5.41, 5.74) is 5.69. The van der Waals surface area contributed by atoms with Crippen LogP contribution in [0.1, 0.15) is 5.56 Å². The Kier molecular flexibility index (Phi) is 2.00. The van der Waals surface area contributed by atoms with Crippen molar-refractivity contribution in [3.63, 3.8) is 0 Å². The second kappa shape index (κ2) is 3.49. The summed E-state index contributed by atoms with van der Waals surface area (Å²) >= 11 is 0. The van der Waals surface area contributed by atoms with Crippen LogP contribution in [0.25, 0.3) is 22.3 Å². The van der Waals surface area contributed by atoms with Gasteiger partial charge in [-0.15, -0.1) is 0 Å². The van der Waals surface area contributed by atoms with Crippen LogP contribution in [0.2, 0.25) is 0 Å². The molecule has 0 atom stereocenters. The Balaban J connectivity index is 2.15. The van der Waals surface area contributed by atoms with Crippen molar-refractivity contribution in [2.75, 3.05) is 0 Å². The number of rotatable bonds is 1. The van der Waals surface area contributed by atoms with Crippen LogP contribution in [-0.4, -0.2) is 9.97 Å². The zero-order chi connectivity index (χ0) is 11.0. The van der Waals surface area contributed by atoms with Gasteiger partial charge < -0.3 is 4.98 Å². The zero-order valence-electron chi connectivity index (χ0n) is 9.07. The molecule has 0 saturated heterocycles. The predicted molar refractivity (Wildman–Crippen MR) is 66.3 cm³/mol. The highest BCUT2D eigenvalue weighted by atomic mass is 14.8. The average molecular weight is 208 g/mol. The summed E-state index contributed by atoms with van der Waals surface area (Å²) in [7, 11) is 0. The number of benzene rings is 1. The summed E-state index contributed by atoms with van der Waals surface area (Å²) in [5.74, 6) is 0. The zero-order valence-corrected chi connectivity index (χ0v) is 9.07. The van der Waals surface area contributed by atoms with Gasteiger partial charge in [-0.3, -0.25) is 4.98 Å². The molecule has 1 aromatic carbocycles. The molecule has 2 heteroatoms. The van der Waals surface area contributed by atoms with E-state index in [1.165, 1.54) is 11.1 Å². The van der Waals surface area contributed by atoms with Crippen LogP contribution in [0.4, 0.5) is 0 Å². The first-order chi connectivity index (χ1) is 7.83. The van der Waals surface area contributed by atoms with Gasteiger partial charge in [0.15, 0.2) is 0 Å². The highest BCUT2D eigenvalue weighted by Gasteiger charge is 2.02. The van der Waals surface area contributed by atoms with Crippen molar-refractivity contribution < 1.29 is 0 Å². The molecule has 0 bridgehead atoms. The molecular weight excluding hydrogens is 196 g/mol. The highest BCUT2D eigenvalue weighted by Crippen LogP contribution is 2.22. The Morgan fingerprint density at radius 2 is 1.88 bits per heavy atom. The van der Waals surface area contributed by atoms with Gasteiger partial charge in [0.05, 0.1) is 11.0 Å². The number of hydrogen-bond donors (Lipinski definition) is 1. The summed E-state index contributed by atoms with van der Waals surface area (Å²) in [6.07, 6.45) is 1.81. The summed E-state index contributed by atoms with van der Waals surface area (Å²) in [6, 6.07) is 14.6. The molecule has 1 N–H and O–H groups in total. The third-order valence-electron chi connectivity index (χ3n) is 2.75. The molecule has 16 heavy (non-hydrogen) atoms. The van der Waals surface area contributed by atoms with E-state index in [1.807, 2.05) is 18.3 Å². The van der Waals surface area contributed by atoms with E-state index in [0.29, 0.717) is 0 Å². The summed E-state index contributed by atoms with van der Waals surface area (Å²) in [6.45, 7) is 2.09. The van der Waals surface area contributed by atoms with Crippen molar-refractivity contribution in [3.8, 4) is 11.3 Å². The number of aromatic amines is 1. The van der Waals surface area contributed by atoms with Crippen molar-refractivity contribution in [1.29, 1.82) is 0 Å². The molecule has 3 aromatic rings. The topological polar surface area (TPSA) is 28.7 Å². The average Bonchev–Trinajstić information content (AvgIpc) is 2.73. The van der Waals surface area contributed by atoms with E-state index < -0.39 is 0 Å². The van der Waals surface area contributed by atoms with Crippen molar-refractivity contribution in [1.82, 2.24) is 9.97 Å². The smallest absolute Gasteiger partial charge is 0.0885 e. The van der Waals surface area contributed by atoms with Crippen LogP contribution in [0.3, 0.4) is 0 Å².